The van der Waals surface area contributed by atoms with Crippen molar-refractivity contribution >= 4 is 29.0 Å². The summed E-state index contributed by atoms with van der Waals surface area (Å²) in [5, 5.41) is 0. The first-order valence-electron chi connectivity index (χ1n) is 8.79. The first-order valence-corrected chi connectivity index (χ1v) is 8.79. The number of carbonyl (C=O) groups excluding carboxylic acids is 1. The molecule has 0 bridgehead atoms. The maximum atomic E-state index is 12.1. The molecule has 2 N–H and O–H groups in total. The average molecular weight is 377 g/mol. The van der Waals surface area contributed by atoms with E-state index in [1.165, 1.54) is 13.4 Å². The van der Waals surface area contributed by atoms with E-state index in [2.05, 4.69) is 9.97 Å². The van der Waals surface area contributed by atoms with E-state index in [9.17, 15) is 4.79 Å². The summed E-state index contributed by atoms with van der Waals surface area (Å²) in [6.45, 7) is 0.657. The fourth-order valence-electron chi connectivity index (χ4n) is 3.04. The topological polar surface area (TPSA) is 84.6 Å². The maximum absolute atomic E-state index is 12.1. The molecule has 1 aromatic heterocycles. The van der Waals surface area contributed by atoms with E-state index in [-0.39, 0.29) is 0 Å². The predicted octanol–water partition coefficient (Wildman–Crippen LogP) is 3.25. The second-order valence-electron chi connectivity index (χ2n) is 6.34. The zero-order chi connectivity index (χ0) is 20.1. The van der Waals surface area contributed by atoms with Crippen LogP contribution in [0.4, 0.5) is 23.0 Å². The van der Waals surface area contributed by atoms with Crippen LogP contribution in [-0.4, -0.2) is 37.1 Å². The Kier molecular flexibility index (Phi) is 5.74. The van der Waals surface area contributed by atoms with Crippen molar-refractivity contribution in [2.24, 2.45) is 0 Å². The Morgan fingerprint density at radius 1 is 1.00 bits per heavy atom. The normalized spacial score (nSPS) is 10.4. The van der Waals surface area contributed by atoms with Crippen molar-refractivity contribution in [1.82, 2.24) is 9.97 Å². The summed E-state index contributed by atoms with van der Waals surface area (Å²) in [7, 11) is 5.09. The van der Waals surface area contributed by atoms with Gasteiger partial charge in [0.2, 0.25) is 0 Å². The molecule has 0 unspecified atom stereocenters. The Balaban J connectivity index is 1.94. The Morgan fingerprint density at radius 3 is 2.36 bits per heavy atom. The van der Waals surface area contributed by atoms with Crippen molar-refractivity contribution in [3.05, 3.63) is 72.1 Å². The predicted molar refractivity (Wildman–Crippen MR) is 111 cm³/mol. The Morgan fingerprint density at radius 2 is 1.64 bits per heavy atom. The number of nitrogens with two attached hydrogens (primary N) is 1. The van der Waals surface area contributed by atoms with Gasteiger partial charge in [-0.25, -0.2) is 14.8 Å². The van der Waals surface area contributed by atoms with Crippen LogP contribution in [0.15, 0.2) is 60.9 Å². The van der Waals surface area contributed by atoms with Crippen molar-refractivity contribution in [2.75, 3.05) is 36.7 Å². The lowest BCUT2D eigenvalue weighted by Gasteiger charge is -2.25. The lowest BCUT2D eigenvalue weighted by molar-refractivity contribution is 0.0601. The van der Waals surface area contributed by atoms with Gasteiger partial charge in [0, 0.05) is 20.6 Å². The molecule has 7 nitrogen and oxygen atoms in total. The molecule has 0 spiro atoms. The van der Waals surface area contributed by atoms with Gasteiger partial charge in [-0.2, -0.15) is 0 Å². The molecule has 0 saturated heterocycles. The second kappa shape index (κ2) is 8.39. The van der Waals surface area contributed by atoms with E-state index < -0.39 is 5.97 Å². The summed E-state index contributed by atoms with van der Waals surface area (Å²) in [5.41, 5.74) is 9.08. The quantitative estimate of drug-likeness (QED) is 0.660. The van der Waals surface area contributed by atoms with Crippen LogP contribution in [0.3, 0.4) is 0 Å². The molecule has 144 valence electrons. The highest BCUT2D eigenvalue weighted by atomic mass is 16.5. The molecule has 7 heteroatoms. The number of hydrogen-bond acceptors (Lipinski definition) is 7. The first kappa shape index (κ1) is 19.2. The van der Waals surface area contributed by atoms with Gasteiger partial charge >= 0.3 is 5.97 Å². The van der Waals surface area contributed by atoms with Gasteiger partial charge in [0.15, 0.2) is 11.6 Å². The van der Waals surface area contributed by atoms with E-state index in [0.717, 1.165) is 5.56 Å². The van der Waals surface area contributed by atoms with E-state index in [0.29, 0.717) is 35.1 Å². The van der Waals surface area contributed by atoms with Gasteiger partial charge in [-0.15, -0.1) is 0 Å². The third kappa shape index (κ3) is 3.88. The highest BCUT2D eigenvalue weighted by Gasteiger charge is 2.20. The van der Waals surface area contributed by atoms with Crippen LogP contribution in [0, 0.1) is 0 Å². The number of nitrogens with zero attached hydrogens (tertiary/aromatic N) is 4. The number of anilines is 4. The van der Waals surface area contributed by atoms with Gasteiger partial charge in [-0.3, -0.25) is 0 Å². The van der Waals surface area contributed by atoms with Gasteiger partial charge in [0.25, 0.3) is 0 Å². The van der Waals surface area contributed by atoms with E-state index in [1.54, 1.807) is 24.1 Å². The number of benzene rings is 2. The molecular weight excluding hydrogens is 354 g/mol. The SMILES string of the molecule is COC(=O)c1ccccc1N(C)c1ncnc(N(C)Cc2ccccc2)c1N. The number of hydrogen-bond donors (Lipinski definition) is 1. The number of carbonyl (C=O) groups is 1. The van der Waals surface area contributed by atoms with Crippen molar-refractivity contribution in [3.63, 3.8) is 0 Å². The molecule has 28 heavy (non-hydrogen) atoms. The Hall–Kier alpha value is -3.61. The fraction of sp³-hybridized carbons (Fsp3) is 0.190. The molecule has 0 atom stereocenters. The molecule has 0 fully saturated rings. The minimum atomic E-state index is -0.420. The molecule has 2 aromatic carbocycles. The fourth-order valence-corrected chi connectivity index (χ4v) is 3.04. The number of nitrogen functional groups attached to an aromatic ring is 1. The highest BCUT2D eigenvalue weighted by molar-refractivity contribution is 5.97. The summed E-state index contributed by atoms with van der Waals surface area (Å²) in [6, 6.07) is 17.2. The second-order valence-corrected chi connectivity index (χ2v) is 6.34. The van der Waals surface area contributed by atoms with Crippen molar-refractivity contribution < 1.29 is 9.53 Å². The molecular formula is C21H23N5O2. The molecule has 0 saturated carbocycles. The molecule has 0 aliphatic carbocycles. The highest BCUT2D eigenvalue weighted by Crippen LogP contribution is 2.34. The third-order valence-corrected chi connectivity index (χ3v) is 4.45. The zero-order valence-electron chi connectivity index (χ0n) is 16.2. The van der Waals surface area contributed by atoms with Crippen molar-refractivity contribution in [2.45, 2.75) is 6.54 Å². The minimum Gasteiger partial charge on any atom is -0.465 e. The van der Waals surface area contributed by atoms with Crippen LogP contribution in [0.2, 0.25) is 0 Å². The standard InChI is InChI=1S/C21H23N5O2/c1-25(13-15-9-5-4-6-10-15)19-18(22)20(24-14-23-19)26(2)17-12-8-7-11-16(17)21(27)28-3/h4-12,14H,13,22H2,1-3H3. The van der Waals surface area contributed by atoms with Crippen LogP contribution in [0.5, 0.6) is 0 Å². The molecule has 1 heterocycles. The molecule has 0 aliphatic rings. The zero-order valence-corrected chi connectivity index (χ0v) is 16.2. The van der Waals surface area contributed by atoms with Crippen molar-refractivity contribution in [1.29, 1.82) is 0 Å². The summed E-state index contributed by atoms with van der Waals surface area (Å²) < 4.78 is 4.88. The lowest BCUT2D eigenvalue weighted by atomic mass is 10.1. The number of ether oxygens (including phenoxy) is 1. The Labute approximate surface area is 164 Å². The van der Waals surface area contributed by atoms with Gasteiger partial charge in [0.1, 0.15) is 12.0 Å². The van der Waals surface area contributed by atoms with Crippen LogP contribution < -0.4 is 15.5 Å². The number of para-hydroxylation sites is 1. The van der Waals surface area contributed by atoms with Crippen LogP contribution in [0.25, 0.3) is 0 Å². The van der Waals surface area contributed by atoms with Gasteiger partial charge in [-0.1, -0.05) is 42.5 Å². The Bertz CT molecular complexity index is 962. The van der Waals surface area contributed by atoms with E-state index >= 15 is 0 Å². The summed E-state index contributed by atoms with van der Waals surface area (Å²) in [5.74, 6) is 0.717. The number of methoxy groups -OCH3 is 1. The molecule has 0 radical (unpaired) electrons. The molecule has 0 aliphatic heterocycles. The van der Waals surface area contributed by atoms with Gasteiger partial charge in [-0.05, 0) is 17.7 Å². The molecule has 3 aromatic rings. The number of esters is 1. The lowest BCUT2D eigenvalue weighted by Crippen LogP contribution is -2.22. The molecule has 0 amide bonds. The number of rotatable bonds is 6. The maximum Gasteiger partial charge on any atom is 0.339 e. The molecule has 3 rings (SSSR count). The summed E-state index contributed by atoms with van der Waals surface area (Å²) in [4.78, 5) is 24.5. The first-order chi connectivity index (χ1) is 13.5. The minimum absolute atomic E-state index is 0.420. The van der Waals surface area contributed by atoms with Crippen LogP contribution in [0.1, 0.15) is 15.9 Å². The monoisotopic (exact) mass is 377 g/mol. The largest absolute Gasteiger partial charge is 0.465 e. The number of aromatic nitrogens is 2. The van der Waals surface area contributed by atoms with E-state index in [1.807, 2.05) is 54.4 Å². The van der Waals surface area contributed by atoms with Gasteiger partial charge in [0.05, 0.1) is 18.4 Å². The third-order valence-electron chi connectivity index (χ3n) is 4.45. The summed E-state index contributed by atoms with van der Waals surface area (Å²) >= 11 is 0. The average Bonchev–Trinajstić information content (AvgIpc) is 2.73. The van der Waals surface area contributed by atoms with E-state index in [4.69, 9.17) is 10.5 Å². The van der Waals surface area contributed by atoms with Crippen LogP contribution >= 0.6 is 0 Å². The van der Waals surface area contributed by atoms with Crippen molar-refractivity contribution in [3.8, 4) is 0 Å². The smallest absolute Gasteiger partial charge is 0.339 e. The summed E-state index contributed by atoms with van der Waals surface area (Å²) in [6.07, 6.45) is 1.47. The van der Waals surface area contributed by atoms with Gasteiger partial charge < -0.3 is 20.3 Å². The van der Waals surface area contributed by atoms with Crippen LogP contribution in [-0.2, 0) is 11.3 Å².